The predicted octanol–water partition coefficient (Wildman–Crippen LogP) is 2.86. The van der Waals surface area contributed by atoms with Crippen LogP contribution in [0, 0.1) is 0 Å². The van der Waals surface area contributed by atoms with Gasteiger partial charge in [0.2, 0.25) is 0 Å². The molecule has 0 saturated carbocycles. The summed E-state index contributed by atoms with van der Waals surface area (Å²) in [6.07, 6.45) is 3.76. The molecule has 16 heavy (non-hydrogen) atoms. The monoisotopic (exact) mass is 213 g/mol. The Morgan fingerprint density at radius 3 is 2.81 bits per heavy atom. The summed E-state index contributed by atoms with van der Waals surface area (Å²) in [5.41, 5.74) is 10.4. The fourth-order valence-electron chi connectivity index (χ4n) is 1.46. The first-order chi connectivity index (χ1) is 7.90. The second kappa shape index (κ2) is 5.00. The summed E-state index contributed by atoms with van der Waals surface area (Å²) in [5.74, 6) is 0. The van der Waals surface area contributed by atoms with Crippen molar-refractivity contribution in [3.05, 3.63) is 53.2 Å². The van der Waals surface area contributed by atoms with Gasteiger partial charge in [0.15, 0.2) is 0 Å². The second-order valence-electron chi connectivity index (χ2n) is 3.31. The summed E-state index contributed by atoms with van der Waals surface area (Å²) >= 11 is 0. The molecule has 0 N–H and O–H groups in total. The first-order valence-corrected chi connectivity index (χ1v) is 4.99. The maximum absolute atomic E-state index is 8.16. The van der Waals surface area contributed by atoms with Crippen LogP contribution < -0.4 is 0 Å². The number of hydrogen-bond acceptors (Lipinski definition) is 2. The van der Waals surface area contributed by atoms with Crippen molar-refractivity contribution < 1.29 is 0 Å². The number of hydrogen-bond donors (Lipinski definition) is 0. The lowest BCUT2D eigenvalue weighted by Gasteiger charge is -1.96. The molecule has 0 atom stereocenters. The average molecular weight is 213 g/mol. The van der Waals surface area contributed by atoms with Crippen LogP contribution in [-0.4, -0.2) is 16.3 Å². The van der Waals surface area contributed by atoms with Crippen LogP contribution in [0.3, 0.4) is 0 Å². The van der Waals surface area contributed by atoms with Crippen LogP contribution in [0.25, 0.3) is 21.6 Å². The van der Waals surface area contributed by atoms with Gasteiger partial charge in [-0.1, -0.05) is 35.4 Å². The number of azide groups is 1. The molecule has 0 saturated heterocycles. The molecule has 5 nitrogen and oxygen atoms in total. The molecule has 1 aromatic carbocycles. The highest BCUT2D eigenvalue weighted by molar-refractivity contribution is 5.61. The highest BCUT2D eigenvalue weighted by Gasteiger charge is 1.99. The van der Waals surface area contributed by atoms with Gasteiger partial charge < -0.3 is 0 Å². The number of aromatic nitrogens is 2. The topological polar surface area (TPSA) is 66.6 Å². The van der Waals surface area contributed by atoms with E-state index in [4.69, 9.17) is 5.53 Å². The van der Waals surface area contributed by atoms with Gasteiger partial charge in [-0.05, 0) is 11.1 Å². The van der Waals surface area contributed by atoms with E-state index in [1.54, 1.807) is 4.68 Å². The summed E-state index contributed by atoms with van der Waals surface area (Å²) in [4.78, 5) is 2.70. The molecule has 0 bridgehead atoms. The van der Waals surface area contributed by atoms with Crippen LogP contribution in [0.4, 0.5) is 0 Å². The molecule has 1 heterocycles. The maximum Gasteiger partial charge on any atom is 0.0568 e. The molecule has 1 aromatic heterocycles. The molecular weight excluding hydrogens is 202 g/mol. The lowest BCUT2D eigenvalue weighted by Crippen LogP contribution is -2.00. The average Bonchev–Trinajstić information content (AvgIpc) is 2.79. The third kappa shape index (κ3) is 2.40. The molecule has 0 aliphatic rings. The van der Waals surface area contributed by atoms with E-state index in [-0.39, 0.29) is 0 Å². The molecule has 0 amide bonds. The number of rotatable bonds is 4. The Bertz CT molecular complexity index is 496. The highest BCUT2D eigenvalue weighted by atomic mass is 15.3. The molecule has 0 aliphatic carbocycles. The predicted molar refractivity (Wildman–Crippen MR) is 61.7 cm³/mol. The molecule has 0 spiro atoms. The van der Waals surface area contributed by atoms with E-state index in [1.807, 2.05) is 42.7 Å². The van der Waals surface area contributed by atoms with Gasteiger partial charge in [0, 0.05) is 29.8 Å². The van der Waals surface area contributed by atoms with Gasteiger partial charge in [-0.2, -0.15) is 5.10 Å². The van der Waals surface area contributed by atoms with Crippen LogP contribution in [0.2, 0.25) is 0 Å². The quantitative estimate of drug-likeness (QED) is 0.437. The molecule has 0 radical (unpaired) electrons. The SMILES string of the molecule is [N-]=[N+]=NCCn1cc(-c2ccccc2)cn1. The van der Waals surface area contributed by atoms with Crippen LogP contribution in [0.1, 0.15) is 0 Å². The molecule has 0 unspecified atom stereocenters. The summed E-state index contributed by atoms with van der Waals surface area (Å²) < 4.78 is 1.77. The molecular formula is C11H11N5. The smallest absolute Gasteiger partial charge is 0.0568 e. The Hall–Kier alpha value is -2.26. The van der Waals surface area contributed by atoms with Crippen molar-refractivity contribution in [2.75, 3.05) is 6.54 Å². The Kier molecular flexibility index (Phi) is 3.21. The summed E-state index contributed by atoms with van der Waals surface area (Å²) in [6, 6.07) is 10.0. The van der Waals surface area contributed by atoms with Crippen molar-refractivity contribution in [2.24, 2.45) is 5.11 Å². The Morgan fingerprint density at radius 2 is 2.06 bits per heavy atom. The van der Waals surface area contributed by atoms with Gasteiger partial charge in [-0.15, -0.1) is 0 Å². The Balaban J connectivity index is 2.11. The van der Waals surface area contributed by atoms with Crippen molar-refractivity contribution in [3.63, 3.8) is 0 Å². The van der Waals surface area contributed by atoms with Crippen LogP contribution in [0.5, 0.6) is 0 Å². The van der Waals surface area contributed by atoms with Crippen molar-refractivity contribution in [3.8, 4) is 11.1 Å². The van der Waals surface area contributed by atoms with Gasteiger partial charge >= 0.3 is 0 Å². The fraction of sp³-hybridized carbons (Fsp3) is 0.182. The van der Waals surface area contributed by atoms with Gasteiger partial charge in [-0.3, -0.25) is 4.68 Å². The first-order valence-electron chi connectivity index (χ1n) is 4.99. The van der Waals surface area contributed by atoms with E-state index < -0.39 is 0 Å². The molecule has 0 fully saturated rings. The lowest BCUT2D eigenvalue weighted by molar-refractivity contribution is 0.624. The van der Waals surface area contributed by atoms with Crippen molar-refractivity contribution >= 4 is 0 Å². The zero-order valence-electron chi connectivity index (χ0n) is 8.69. The van der Waals surface area contributed by atoms with E-state index >= 15 is 0 Å². The van der Waals surface area contributed by atoms with Crippen molar-refractivity contribution in [2.45, 2.75) is 6.54 Å². The Labute approximate surface area is 93.0 Å². The molecule has 5 heteroatoms. The highest BCUT2D eigenvalue weighted by Crippen LogP contribution is 2.17. The molecule has 80 valence electrons. The first kappa shape index (κ1) is 10.3. The fourth-order valence-corrected chi connectivity index (χ4v) is 1.46. The summed E-state index contributed by atoms with van der Waals surface area (Å²) in [7, 11) is 0. The second-order valence-corrected chi connectivity index (χ2v) is 3.31. The van der Waals surface area contributed by atoms with E-state index in [2.05, 4.69) is 15.1 Å². The van der Waals surface area contributed by atoms with Crippen LogP contribution in [0.15, 0.2) is 47.8 Å². The van der Waals surface area contributed by atoms with Crippen LogP contribution in [-0.2, 0) is 6.54 Å². The zero-order chi connectivity index (χ0) is 11.2. The minimum absolute atomic E-state index is 0.423. The third-order valence-corrected chi connectivity index (χ3v) is 2.23. The van der Waals surface area contributed by atoms with E-state index in [1.165, 1.54) is 0 Å². The zero-order valence-corrected chi connectivity index (χ0v) is 8.69. The summed E-state index contributed by atoms with van der Waals surface area (Å²) in [6.45, 7) is 1.03. The van der Waals surface area contributed by atoms with Gasteiger partial charge in [0.05, 0.1) is 6.20 Å². The van der Waals surface area contributed by atoms with Crippen LogP contribution >= 0.6 is 0 Å². The van der Waals surface area contributed by atoms with Gasteiger partial charge in [-0.25, -0.2) is 0 Å². The Morgan fingerprint density at radius 1 is 1.25 bits per heavy atom. The minimum atomic E-state index is 0.423. The maximum atomic E-state index is 8.16. The number of nitrogens with zero attached hydrogens (tertiary/aromatic N) is 5. The summed E-state index contributed by atoms with van der Waals surface area (Å²) in [5, 5.41) is 7.67. The molecule has 0 aliphatic heterocycles. The van der Waals surface area contributed by atoms with E-state index in [0.29, 0.717) is 13.1 Å². The van der Waals surface area contributed by atoms with Gasteiger partial charge in [0.25, 0.3) is 0 Å². The van der Waals surface area contributed by atoms with Crippen molar-refractivity contribution in [1.82, 2.24) is 9.78 Å². The van der Waals surface area contributed by atoms with Crippen molar-refractivity contribution in [1.29, 1.82) is 0 Å². The lowest BCUT2D eigenvalue weighted by atomic mass is 10.1. The van der Waals surface area contributed by atoms with E-state index in [9.17, 15) is 0 Å². The normalized spacial score (nSPS) is 9.75. The van der Waals surface area contributed by atoms with E-state index in [0.717, 1.165) is 11.1 Å². The molecule has 2 aromatic rings. The standard InChI is InChI=1S/C11H11N5/c12-15-13-6-7-16-9-11(8-14-16)10-4-2-1-3-5-10/h1-5,8-9H,6-7H2. The molecule has 2 rings (SSSR count). The minimum Gasteiger partial charge on any atom is -0.272 e. The number of benzene rings is 1. The third-order valence-electron chi connectivity index (χ3n) is 2.23. The van der Waals surface area contributed by atoms with Gasteiger partial charge in [0.1, 0.15) is 0 Å². The largest absolute Gasteiger partial charge is 0.272 e.